The molecule has 1 aliphatic rings. The van der Waals surface area contributed by atoms with Gasteiger partial charge in [-0.1, -0.05) is 0 Å². The molecule has 102 valence electrons. The third-order valence-corrected chi connectivity index (χ3v) is 3.95. The van der Waals surface area contributed by atoms with Crippen LogP contribution in [0.3, 0.4) is 0 Å². The van der Waals surface area contributed by atoms with Crippen LogP contribution in [0.4, 0.5) is 11.4 Å². The first kappa shape index (κ1) is 13.7. The number of amides is 1. The van der Waals surface area contributed by atoms with Gasteiger partial charge in [-0.25, -0.2) is 0 Å². The molecule has 0 unspecified atom stereocenters. The lowest BCUT2D eigenvalue weighted by Gasteiger charge is -2.26. The number of rotatable bonds is 3. The number of nitro groups is 1. The summed E-state index contributed by atoms with van der Waals surface area (Å²) in [5, 5.41) is 13.6. The van der Waals surface area contributed by atoms with Gasteiger partial charge >= 0.3 is 0 Å². The number of carbonyl (C=O) groups excluding carboxylic acids is 1. The van der Waals surface area contributed by atoms with Crippen LogP contribution < -0.4 is 5.32 Å². The maximum atomic E-state index is 12.3. The first-order valence-electron chi connectivity index (χ1n) is 5.96. The molecule has 1 aromatic carbocycles. The Hall–Kier alpha value is -1.76. The van der Waals surface area contributed by atoms with Gasteiger partial charge in [-0.2, -0.15) is 11.8 Å². The van der Waals surface area contributed by atoms with Crippen molar-refractivity contribution < 1.29 is 9.72 Å². The van der Waals surface area contributed by atoms with Crippen molar-refractivity contribution in [3.63, 3.8) is 0 Å². The summed E-state index contributed by atoms with van der Waals surface area (Å²) in [5.41, 5.74) is 0.831. The Morgan fingerprint density at radius 1 is 1.42 bits per heavy atom. The van der Waals surface area contributed by atoms with E-state index >= 15 is 0 Å². The Balaban J connectivity index is 2.24. The fraction of sp³-hybridized carbons (Fsp3) is 0.417. The molecular weight excluding hydrogens is 266 g/mol. The van der Waals surface area contributed by atoms with Crippen molar-refractivity contribution >= 4 is 29.0 Å². The molecule has 0 aromatic heterocycles. The Morgan fingerprint density at radius 3 is 2.68 bits per heavy atom. The number of nitrogens with one attached hydrogen (secondary N) is 1. The lowest BCUT2D eigenvalue weighted by Crippen LogP contribution is -2.37. The number of nitro benzene ring substituents is 1. The number of benzene rings is 1. The lowest BCUT2D eigenvalue weighted by atomic mass is 10.1. The second-order valence-electron chi connectivity index (χ2n) is 4.14. The zero-order valence-corrected chi connectivity index (χ0v) is 11.4. The van der Waals surface area contributed by atoms with Crippen LogP contribution in [0.1, 0.15) is 10.4 Å². The highest BCUT2D eigenvalue weighted by Gasteiger charge is 2.21. The highest BCUT2D eigenvalue weighted by atomic mass is 32.2. The molecule has 2 rings (SSSR count). The number of thioether (sulfide) groups is 1. The van der Waals surface area contributed by atoms with Crippen LogP contribution in [-0.4, -0.2) is 47.4 Å². The third kappa shape index (κ3) is 2.98. The highest BCUT2D eigenvalue weighted by Crippen LogP contribution is 2.26. The van der Waals surface area contributed by atoms with E-state index in [1.807, 2.05) is 11.8 Å². The van der Waals surface area contributed by atoms with Gasteiger partial charge in [0.1, 0.15) is 5.69 Å². The van der Waals surface area contributed by atoms with E-state index in [1.165, 1.54) is 12.1 Å². The molecule has 0 aliphatic carbocycles. The Bertz CT molecular complexity index is 501. The molecular formula is C12H15N3O3S. The number of hydrogen-bond donors (Lipinski definition) is 1. The average Bonchev–Trinajstić information content (AvgIpc) is 2.46. The van der Waals surface area contributed by atoms with E-state index in [1.54, 1.807) is 18.0 Å². The molecule has 1 saturated heterocycles. The largest absolute Gasteiger partial charge is 0.383 e. The number of carbonyl (C=O) groups is 1. The van der Waals surface area contributed by atoms with Crippen LogP contribution in [-0.2, 0) is 0 Å². The molecule has 0 spiro atoms. The van der Waals surface area contributed by atoms with Crippen molar-refractivity contribution in [2.24, 2.45) is 0 Å². The quantitative estimate of drug-likeness (QED) is 0.675. The second kappa shape index (κ2) is 5.92. The standard InChI is InChI=1S/C12H15N3O3S/c1-13-10-8-9(2-3-11(10)15(17)18)12(16)14-4-6-19-7-5-14/h2-3,8,13H,4-7H2,1H3. The fourth-order valence-electron chi connectivity index (χ4n) is 1.98. The van der Waals surface area contributed by atoms with E-state index in [4.69, 9.17) is 0 Å². The molecule has 0 radical (unpaired) electrons. The number of hydrogen-bond acceptors (Lipinski definition) is 5. The summed E-state index contributed by atoms with van der Waals surface area (Å²) in [6, 6.07) is 4.43. The lowest BCUT2D eigenvalue weighted by molar-refractivity contribution is -0.383. The van der Waals surface area contributed by atoms with E-state index in [2.05, 4.69) is 5.32 Å². The van der Waals surface area contributed by atoms with Gasteiger partial charge in [0.25, 0.3) is 11.6 Å². The first-order chi connectivity index (χ1) is 9.13. The molecule has 7 heteroatoms. The minimum absolute atomic E-state index is 0.0201. The van der Waals surface area contributed by atoms with Crippen molar-refractivity contribution in [3.05, 3.63) is 33.9 Å². The summed E-state index contributed by atoms with van der Waals surface area (Å²) in [6.07, 6.45) is 0. The maximum Gasteiger partial charge on any atom is 0.292 e. The predicted molar refractivity (Wildman–Crippen MR) is 75.9 cm³/mol. The monoisotopic (exact) mass is 281 g/mol. The van der Waals surface area contributed by atoms with Crippen LogP contribution in [0, 0.1) is 10.1 Å². The van der Waals surface area contributed by atoms with Crippen molar-refractivity contribution in [1.82, 2.24) is 4.90 Å². The Morgan fingerprint density at radius 2 is 2.11 bits per heavy atom. The normalized spacial score (nSPS) is 15.1. The highest BCUT2D eigenvalue weighted by molar-refractivity contribution is 7.99. The van der Waals surface area contributed by atoms with Gasteiger partial charge in [-0.05, 0) is 12.1 Å². The van der Waals surface area contributed by atoms with Gasteiger partial charge in [-0.3, -0.25) is 14.9 Å². The number of nitrogens with zero attached hydrogens (tertiary/aromatic N) is 2. The fourth-order valence-corrected chi connectivity index (χ4v) is 2.88. The summed E-state index contributed by atoms with van der Waals surface area (Å²) in [5.74, 6) is 1.82. The summed E-state index contributed by atoms with van der Waals surface area (Å²) >= 11 is 1.83. The zero-order chi connectivity index (χ0) is 13.8. The molecule has 1 aromatic rings. The predicted octanol–water partition coefficient (Wildman–Crippen LogP) is 1.83. The molecule has 1 heterocycles. The van der Waals surface area contributed by atoms with Crippen molar-refractivity contribution in [1.29, 1.82) is 0 Å². The van der Waals surface area contributed by atoms with E-state index in [0.717, 1.165) is 24.6 Å². The van der Waals surface area contributed by atoms with Crippen molar-refractivity contribution in [2.45, 2.75) is 0 Å². The molecule has 19 heavy (non-hydrogen) atoms. The summed E-state index contributed by atoms with van der Waals surface area (Å²) in [6.45, 7) is 1.46. The first-order valence-corrected chi connectivity index (χ1v) is 7.12. The van der Waals surface area contributed by atoms with Gasteiger partial charge in [0.15, 0.2) is 0 Å². The molecule has 1 amide bonds. The molecule has 0 saturated carbocycles. The van der Waals surface area contributed by atoms with Gasteiger partial charge in [0.2, 0.25) is 0 Å². The molecule has 1 fully saturated rings. The Labute approximate surface area is 115 Å². The van der Waals surface area contributed by atoms with Gasteiger partial charge < -0.3 is 10.2 Å². The van der Waals surface area contributed by atoms with Crippen LogP contribution in [0.5, 0.6) is 0 Å². The van der Waals surface area contributed by atoms with Crippen LogP contribution >= 0.6 is 11.8 Å². The Kier molecular flexibility index (Phi) is 4.26. The van der Waals surface area contributed by atoms with Gasteiger partial charge in [0, 0.05) is 43.3 Å². The van der Waals surface area contributed by atoms with E-state index in [0.29, 0.717) is 11.3 Å². The van der Waals surface area contributed by atoms with Gasteiger partial charge in [0.05, 0.1) is 4.92 Å². The maximum absolute atomic E-state index is 12.3. The molecule has 1 aliphatic heterocycles. The van der Waals surface area contributed by atoms with Crippen LogP contribution in [0.15, 0.2) is 18.2 Å². The SMILES string of the molecule is CNc1cc(C(=O)N2CCSCC2)ccc1[N+](=O)[O-]. The zero-order valence-electron chi connectivity index (χ0n) is 10.6. The third-order valence-electron chi connectivity index (χ3n) is 3.01. The topological polar surface area (TPSA) is 75.5 Å². The smallest absolute Gasteiger partial charge is 0.292 e. The van der Waals surface area contributed by atoms with Crippen molar-refractivity contribution in [2.75, 3.05) is 37.0 Å². The molecule has 6 nitrogen and oxygen atoms in total. The van der Waals surface area contributed by atoms with E-state index < -0.39 is 4.92 Å². The molecule has 0 bridgehead atoms. The van der Waals surface area contributed by atoms with Crippen LogP contribution in [0.25, 0.3) is 0 Å². The molecule has 1 N–H and O–H groups in total. The minimum atomic E-state index is -0.461. The minimum Gasteiger partial charge on any atom is -0.383 e. The summed E-state index contributed by atoms with van der Waals surface area (Å²) < 4.78 is 0. The van der Waals surface area contributed by atoms with Gasteiger partial charge in [-0.15, -0.1) is 0 Å². The van der Waals surface area contributed by atoms with E-state index in [9.17, 15) is 14.9 Å². The summed E-state index contributed by atoms with van der Waals surface area (Å²) in [7, 11) is 1.61. The molecule has 0 atom stereocenters. The number of anilines is 1. The van der Waals surface area contributed by atoms with Crippen molar-refractivity contribution in [3.8, 4) is 0 Å². The average molecular weight is 281 g/mol. The van der Waals surface area contributed by atoms with Crippen LogP contribution in [0.2, 0.25) is 0 Å². The summed E-state index contributed by atoms with van der Waals surface area (Å²) in [4.78, 5) is 24.4. The van der Waals surface area contributed by atoms with E-state index in [-0.39, 0.29) is 11.6 Å². The second-order valence-corrected chi connectivity index (χ2v) is 5.37.